The maximum absolute atomic E-state index is 13.5. The second kappa shape index (κ2) is 8.03. The van der Waals surface area contributed by atoms with Crippen LogP contribution in [0.4, 0.5) is 15.1 Å². The van der Waals surface area contributed by atoms with Crippen LogP contribution < -0.4 is 16.0 Å². The molecule has 0 fully saturated rings. The fraction of sp³-hybridized carbons (Fsp3) is 0.263. The Hall–Kier alpha value is -3.49. The lowest BCUT2D eigenvalue weighted by atomic mass is 10.0. The molecule has 2 aromatic heterocycles. The van der Waals surface area contributed by atoms with E-state index in [4.69, 9.17) is 0 Å². The van der Waals surface area contributed by atoms with Crippen molar-refractivity contribution in [3.8, 4) is 11.1 Å². The molecule has 2 heterocycles. The largest absolute Gasteiger partial charge is 0.351 e. The first-order chi connectivity index (χ1) is 13.4. The summed E-state index contributed by atoms with van der Waals surface area (Å²) >= 11 is 0. The summed E-state index contributed by atoms with van der Waals surface area (Å²) in [5.41, 5.74) is 2.84. The Labute approximate surface area is 161 Å². The molecule has 3 N–H and O–H groups in total. The average molecular weight is 384 g/mol. The summed E-state index contributed by atoms with van der Waals surface area (Å²) < 4.78 is 14.8. The van der Waals surface area contributed by atoms with Crippen LogP contribution in [0, 0.1) is 12.7 Å². The fourth-order valence-corrected chi connectivity index (χ4v) is 2.86. The van der Waals surface area contributed by atoms with Crippen LogP contribution in [0.1, 0.15) is 29.9 Å². The summed E-state index contributed by atoms with van der Waals surface area (Å²) in [6.07, 6.45) is 0. The van der Waals surface area contributed by atoms with Gasteiger partial charge >= 0.3 is 6.03 Å². The first-order valence-electron chi connectivity index (χ1n) is 8.93. The Balaban J connectivity index is 2.13. The molecule has 0 unspecified atom stereocenters. The van der Waals surface area contributed by atoms with Gasteiger partial charge in [0, 0.05) is 13.1 Å². The van der Waals surface area contributed by atoms with Crippen LogP contribution in [0.5, 0.6) is 0 Å². The van der Waals surface area contributed by atoms with E-state index in [-0.39, 0.29) is 23.4 Å². The SMILES string of the molecule is CCNC(=O)Nc1nc2cc(-c3ccc(F)cc3C)cc(C(=O)NCC)n2n1. The quantitative estimate of drug-likeness (QED) is 0.630. The molecule has 0 saturated carbocycles. The van der Waals surface area contributed by atoms with Gasteiger partial charge in [-0.05, 0) is 61.7 Å². The molecule has 146 valence electrons. The summed E-state index contributed by atoms with van der Waals surface area (Å²) in [5.74, 6) is -0.588. The number of hydrogen-bond acceptors (Lipinski definition) is 4. The predicted octanol–water partition coefficient (Wildman–Crippen LogP) is 2.73. The zero-order valence-electron chi connectivity index (χ0n) is 15.8. The number of nitrogens with one attached hydrogen (secondary N) is 3. The number of halogens is 1. The molecule has 0 saturated heterocycles. The third-order valence-corrected chi connectivity index (χ3v) is 4.07. The minimum absolute atomic E-state index is 0.0736. The molecular weight excluding hydrogens is 363 g/mol. The standard InChI is InChI=1S/C19H21FN6O2/c1-4-21-17(27)15-9-12(14-7-6-13(20)8-11(14)3)10-16-23-18(25-26(15)16)24-19(28)22-5-2/h6-10H,4-5H2,1-3H3,(H,21,27)(H2,22,24,25,28). The van der Waals surface area contributed by atoms with E-state index < -0.39 is 6.03 Å². The van der Waals surface area contributed by atoms with Gasteiger partial charge in [-0.2, -0.15) is 4.98 Å². The van der Waals surface area contributed by atoms with Crippen molar-refractivity contribution in [2.75, 3.05) is 18.4 Å². The summed E-state index contributed by atoms with van der Waals surface area (Å²) in [7, 11) is 0. The van der Waals surface area contributed by atoms with Crippen LogP contribution in [-0.4, -0.2) is 39.6 Å². The number of pyridine rings is 1. The zero-order chi connectivity index (χ0) is 20.3. The summed E-state index contributed by atoms with van der Waals surface area (Å²) in [6.45, 7) is 6.30. The topological polar surface area (TPSA) is 100 Å². The van der Waals surface area contributed by atoms with Crippen molar-refractivity contribution in [2.24, 2.45) is 0 Å². The Kier molecular flexibility index (Phi) is 5.53. The number of fused-ring (bicyclic) bond motifs is 1. The van der Waals surface area contributed by atoms with E-state index in [1.807, 2.05) is 6.92 Å². The molecule has 0 atom stereocenters. The monoisotopic (exact) mass is 384 g/mol. The Morgan fingerprint density at radius 2 is 1.86 bits per heavy atom. The van der Waals surface area contributed by atoms with Gasteiger partial charge in [0.05, 0.1) is 0 Å². The van der Waals surface area contributed by atoms with Gasteiger partial charge in [0.15, 0.2) is 5.65 Å². The summed E-state index contributed by atoms with van der Waals surface area (Å²) in [6, 6.07) is 7.42. The minimum atomic E-state index is -0.437. The number of nitrogens with zero attached hydrogens (tertiary/aromatic N) is 3. The number of rotatable bonds is 5. The molecule has 3 rings (SSSR count). The number of hydrogen-bond donors (Lipinski definition) is 3. The number of carbonyl (C=O) groups is 2. The van der Waals surface area contributed by atoms with Gasteiger partial charge in [-0.15, -0.1) is 5.10 Å². The predicted molar refractivity (Wildman–Crippen MR) is 104 cm³/mol. The number of carbonyl (C=O) groups excluding carboxylic acids is 2. The Morgan fingerprint density at radius 1 is 1.11 bits per heavy atom. The molecule has 3 aromatic rings. The lowest BCUT2D eigenvalue weighted by Gasteiger charge is -2.10. The molecule has 0 aliphatic rings. The fourth-order valence-electron chi connectivity index (χ4n) is 2.86. The lowest BCUT2D eigenvalue weighted by Crippen LogP contribution is -2.28. The van der Waals surface area contributed by atoms with Crippen LogP contribution in [0.25, 0.3) is 16.8 Å². The van der Waals surface area contributed by atoms with Gasteiger partial charge in [-0.1, -0.05) is 6.07 Å². The number of aromatic nitrogens is 3. The normalized spacial score (nSPS) is 10.7. The average Bonchev–Trinajstić information content (AvgIpc) is 3.03. The first-order valence-corrected chi connectivity index (χ1v) is 8.93. The molecule has 1 aromatic carbocycles. The van der Waals surface area contributed by atoms with E-state index in [0.29, 0.717) is 24.3 Å². The zero-order valence-corrected chi connectivity index (χ0v) is 15.8. The lowest BCUT2D eigenvalue weighted by molar-refractivity contribution is 0.0948. The molecule has 0 spiro atoms. The van der Waals surface area contributed by atoms with Crippen LogP contribution in [-0.2, 0) is 0 Å². The van der Waals surface area contributed by atoms with Crippen LogP contribution in [0.2, 0.25) is 0 Å². The Morgan fingerprint density at radius 3 is 2.54 bits per heavy atom. The minimum Gasteiger partial charge on any atom is -0.351 e. The van der Waals surface area contributed by atoms with Crippen molar-refractivity contribution in [3.05, 3.63) is 47.4 Å². The molecule has 0 aliphatic heterocycles. The maximum atomic E-state index is 13.5. The third kappa shape index (κ3) is 3.93. The van der Waals surface area contributed by atoms with E-state index in [1.165, 1.54) is 16.6 Å². The molecule has 0 aliphatic carbocycles. The molecule has 3 amide bonds. The third-order valence-electron chi connectivity index (χ3n) is 4.07. The van der Waals surface area contributed by atoms with Gasteiger partial charge in [-0.25, -0.2) is 13.7 Å². The van der Waals surface area contributed by atoms with Crippen molar-refractivity contribution < 1.29 is 14.0 Å². The molecule has 0 radical (unpaired) electrons. The van der Waals surface area contributed by atoms with E-state index in [1.54, 1.807) is 32.0 Å². The van der Waals surface area contributed by atoms with Crippen LogP contribution in [0.15, 0.2) is 30.3 Å². The highest BCUT2D eigenvalue weighted by Gasteiger charge is 2.17. The summed E-state index contributed by atoms with van der Waals surface area (Å²) in [5, 5.41) is 12.1. The maximum Gasteiger partial charge on any atom is 0.321 e. The van der Waals surface area contributed by atoms with E-state index in [0.717, 1.165) is 11.1 Å². The van der Waals surface area contributed by atoms with Crippen LogP contribution >= 0.6 is 0 Å². The molecule has 0 bridgehead atoms. The van der Waals surface area contributed by atoms with Gasteiger partial charge in [0.25, 0.3) is 11.9 Å². The molecule has 28 heavy (non-hydrogen) atoms. The van der Waals surface area contributed by atoms with Crippen molar-refractivity contribution >= 4 is 23.5 Å². The van der Waals surface area contributed by atoms with Crippen molar-refractivity contribution in [1.82, 2.24) is 25.2 Å². The van der Waals surface area contributed by atoms with E-state index >= 15 is 0 Å². The van der Waals surface area contributed by atoms with Gasteiger partial charge in [-0.3, -0.25) is 10.1 Å². The highest BCUT2D eigenvalue weighted by molar-refractivity contribution is 5.95. The summed E-state index contributed by atoms with van der Waals surface area (Å²) in [4.78, 5) is 28.6. The smallest absolute Gasteiger partial charge is 0.321 e. The highest BCUT2D eigenvalue weighted by atomic mass is 19.1. The molecule has 9 heteroatoms. The van der Waals surface area contributed by atoms with Crippen molar-refractivity contribution in [2.45, 2.75) is 20.8 Å². The van der Waals surface area contributed by atoms with Crippen LogP contribution in [0.3, 0.4) is 0 Å². The number of aryl methyl sites for hydroxylation is 1. The number of urea groups is 1. The molecule has 8 nitrogen and oxygen atoms in total. The number of amides is 3. The Bertz CT molecular complexity index is 1050. The first kappa shape index (κ1) is 19.3. The molecular formula is C19H21FN6O2. The van der Waals surface area contributed by atoms with Gasteiger partial charge < -0.3 is 10.6 Å². The second-order valence-electron chi connectivity index (χ2n) is 6.14. The number of anilines is 1. The van der Waals surface area contributed by atoms with E-state index in [9.17, 15) is 14.0 Å². The van der Waals surface area contributed by atoms with Gasteiger partial charge in [0.1, 0.15) is 11.5 Å². The second-order valence-corrected chi connectivity index (χ2v) is 6.14. The van der Waals surface area contributed by atoms with E-state index in [2.05, 4.69) is 26.0 Å². The van der Waals surface area contributed by atoms with Crippen molar-refractivity contribution in [3.63, 3.8) is 0 Å². The van der Waals surface area contributed by atoms with Gasteiger partial charge in [0.2, 0.25) is 0 Å². The number of benzene rings is 1. The van der Waals surface area contributed by atoms with Crippen molar-refractivity contribution in [1.29, 1.82) is 0 Å². The highest BCUT2D eigenvalue weighted by Crippen LogP contribution is 2.26.